The quantitative estimate of drug-likeness (QED) is 0.474. The number of piperidine rings is 1. The lowest BCUT2D eigenvalue weighted by Crippen LogP contribution is -2.58. The lowest BCUT2D eigenvalue weighted by Gasteiger charge is -2.37. The van der Waals surface area contributed by atoms with Crippen LogP contribution >= 0.6 is 0 Å². The number of nitrogens with zero attached hydrogens (tertiary/aromatic N) is 5. The molecule has 6 rings (SSSR count). The van der Waals surface area contributed by atoms with Crippen molar-refractivity contribution in [1.82, 2.24) is 24.3 Å². The number of likely N-dealkylation sites (tertiary alicyclic amines) is 1. The Bertz CT molecular complexity index is 1350. The summed E-state index contributed by atoms with van der Waals surface area (Å²) < 4.78 is 7.58. The molecule has 1 saturated carbocycles. The van der Waals surface area contributed by atoms with Gasteiger partial charge in [-0.2, -0.15) is 4.98 Å². The van der Waals surface area contributed by atoms with Crippen molar-refractivity contribution < 1.29 is 14.3 Å². The smallest absolute Gasteiger partial charge is 0.354 e. The van der Waals surface area contributed by atoms with Gasteiger partial charge in [0.2, 0.25) is 5.91 Å². The molecule has 1 aromatic heterocycles. The van der Waals surface area contributed by atoms with E-state index in [1.54, 1.807) is 35.9 Å². The van der Waals surface area contributed by atoms with E-state index in [0.29, 0.717) is 50.4 Å². The molecule has 0 bridgehead atoms. The van der Waals surface area contributed by atoms with Gasteiger partial charge >= 0.3 is 11.7 Å². The van der Waals surface area contributed by atoms with Crippen molar-refractivity contribution in [3.05, 3.63) is 46.5 Å². The predicted octanol–water partition coefficient (Wildman–Crippen LogP) is 0.0859. The molecule has 0 radical (unpaired) electrons. The molecule has 1 aromatic carbocycles. The minimum Gasteiger partial charge on any atom is -0.492 e. The average molecular weight is 551 g/mol. The number of nitrogens with two attached hydrogens (primary N) is 2. The van der Waals surface area contributed by atoms with Gasteiger partial charge in [-0.3, -0.25) is 19.6 Å². The second-order valence-corrected chi connectivity index (χ2v) is 12.0. The first-order valence-corrected chi connectivity index (χ1v) is 14.1. The fourth-order valence-electron chi connectivity index (χ4n) is 6.44. The van der Waals surface area contributed by atoms with E-state index in [-0.39, 0.29) is 17.8 Å². The largest absolute Gasteiger partial charge is 0.492 e. The van der Waals surface area contributed by atoms with E-state index in [9.17, 15) is 14.4 Å². The lowest BCUT2D eigenvalue weighted by atomic mass is 10.0. The molecular weight excluding hydrogens is 512 g/mol. The van der Waals surface area contributed by atoms with Crippen LogP contribution in [0.1, 0.15) is 19.4 Å². The summed E-state index contributed by atoms with van der Waals surface area (Å²) in [7, 11) is 0. The number of amides is 3. The van der Waals surface area contributed by atoms with Gasteiger partial charge < -0.3 is 26.0 Å². The standard InChI is InChI=1S/C28H38N8O4/c1-28(2,30)25(37)33-7-9-34(10-8-33)26(38)31-24-5-6-36(27(39)32-24)18-4-3-17-11-19(16-40-23(17)12-18)35-14-21-20(13-29)22(21)15-35/h3-6,12,19-22H,7-11,13-16,29-30H2,1-2H3,(H,31,32,38,39). The van der Waals surface area contributed by atoms with Crippen LogP contribution in [-0.2, 0) is 11.2 Å². The molecular formula is C28H38N8O4. The number of anilines is 1. The highest BCUT2D eigenvalue weighted by Crippen LogP contribution is 2.51. The predicted molar refractivity (Wildman–Crippen MR) is 149 cm³/mol. The normalized spacial score (nSPS) is 26.1. The fraction of sp³-hybridized carbons (Fsp3) is 0.571. The van der Waals surface area contributed by atoms with Crippen LogP contribution in [-0.4, -0.2) is 100 Å². The topological polar surface area (TPSA) is 152 Å². The van der Waals surface area contributed by atoms with Crippen LogP contribution in [0.15, 0.2) is 35.3 Å². The number of hydrogen-bond donors (Lipinski definition) is 3. The van der Waals surface area contributed by atoms with E-state index < -0.39 is 11.2 Å². The monoisotopic (exact) mass is 550 g/mol. The molecule has 214 valence electrons. The highest BCUT2D eigenvalue weighted by Gasteiger charge is 2.55. The second kappa shape index (κ2) is 10.2. The van der Waals surface area contributed by atoms with Crippen molar-refractivity contribution in [1.29, 1.82) is 0 Å². The molecule has 5 N–H and O–H groups in total. The number of fused-ring (bicyclic) bond motifs is 2. The molecule has 3 unspecified atom stereocenters. The molecule has 2 saturated heterocycles. The summed E-state index contributed by atoms with van der Waals surface area (Å²) in [5.41, 5.74) is 12.1. The lowest BCUT2D eigenvalue weighted by molar-refractivity contribution is -0.137. The fourth-order valence-corrected chi connectivity index (χ4v) is 6.44. The summed E-state index contributed by atoms with van der Waals surface area (Å²) >= 11 is 0. The van der Waals surface area contributed by atoms with Crippen LogP contribution < -0.4 is 27.2 Å². The molecule has 3 fully saturated rings. The Hall–Kier alpha value is -3.48. The number of benzene rings is 1. The van der Waals surface area contributed by atoms with E-state index in [4.69, 9.17) is 16.2 Å². The van der Waals surface area contributed by atoms with Crippen LogP contribution in [0.2, 0.25) is 0 Å². The summed E-state index contributed by atoms with van der Waals surface area (Å²) in [6.07, 6.45) is 2.52. The Kier molecular flexibility index (Phi) is 6.79. The molecule has 4 aliphatic rings. The van der Waals surface area contributed by atoms with E-state index in [1.165, 1.54) is 4.57 Å². The maximum atomic E-state index is 12.9. The Balaban J connectivity index is 1.05. The highest BCUT2D eigenvalue weighted by molar-refractivity contribution is 5.89. The number of piperazine rings is 1. The number of ether oxygens (including phenoxy) is 1. The van der Waals surface area contributed by atoms with Crippen LogP contribution in [0.25, 0.3) is 5.69 Å². The Morgan fingerprint density at radius 2 is 1.80 bits per heavy atom. The first kappa shape index (κ1) is 26.7. The summed E-state index contributed by atoms with van der Waals surface area (Å²) in [5.74, 6) is 3.04. The number of carbonyl (C=O) groups excluding carboxylic acids is 2. The van der Waals surface area contributed by atoms with Crippen LogP contribution in [0.5, 0.6) is 5.75 Å². The van der Waals surface area contributed by atoms with Crippen molar-refractivity contribution in [3.8, 4) is 11.4 Å². The minimum absolute atomic E-state index is 0.144. The van der Waals surface area contributed by atoms with Gasteiger partial charge in [-0.15, -0.1) is 0 Å². The molecule has 40 heavy (non-hydrogen) atoms. The number of hydrogen-bond acceptors (Lipinski definition) is 8. The number of aromatic nitrogens is 2. The molecule has 3 aliphatic heterocycles. The van der Waals surface area contributed by atoms with E-state index in [0.717, 1.165) is 49.2 Å². The summed E-state index contributed by atoms with van der Waals surface area (Å²) in [6.45, 7) is 8.53. The zero-order valence-corrected chi connectivity index (χ0v) is 23.1. The van der Waals surface area contributed by atoms with Gasteiger partial charge in [-0.25, -0.2) is 9.59 Å². The molecule has 12 nitrogen and oxygen atoms in total. The Labute approximate surface area is 233 Å². The molecule has 3 atom stereocenters. The molecule has 4 heterocycles. The third-order valence-electron chi connectivity index (χ3n) is 8.85. The molecule has 3 amide bonds. The van der Waals surface area contributed by atoms with Crippen molar-refractivity contribution >= 4 is 17.8 Å². The SMILES string of the molecule is CC(C)(N)C(=O)N1CCN(C(=O)Nc2ccn(-c3ccc4c(c3)OCC(N3CC5C(CN)C5C3)C4)c(=O)n2)CC1. The van der Waals surface area contributed by atoms with Crippen molar-refractivity contribution in [2.45, 2.75) is 31.8 Å². The molecule has 12 heteroatoms. The van der Waals surface area contributed by atoms with Gasteiger partial charge in [0.1, 0.15) is 18.2 Å². The number of carbonyl (C=O) groups is 2. The van der Waals surface area contributed by atoms with Crippen molar-refractivity contribution in [2.75, 3.05) is 57.7 Å². The number of urea groups is 1. The van der Waals surface area contributed by atoms with Crippen LogP contribution in [0, 0.1) is 17.8 Å². The van der Waals surface area contributed by atoms with Gasteiger partial charge in [0.25, 0.3) is 0 Å². The summed E-state index contributed by atoms with van der Waals surface area (Å²) in [6, 6.07) is 7.40. The van der Waals surface area contributed by atoms with Crippen LogP contribution in [0.4, 0.5) is 10.6 Å². The molecule has 2 aromatic rings. The van der Waals surface area contributed by atoms with Gasteiger partial charge in [0, 0.05) is 57.6 Å². The van der Waals surface area contributed by atoms with Crippen molar-refractivity contribution in [2.24, 2.45) is 29.2 Å². The first-order valence-electron chi connectivity index (χ1n) is 14.1. The zero-order chi connectivity index (χ0) is 28.2. The van der Waals surface area contributed by atoms with Gasteiger partial charge in [0.15, 0.2) is 0 Å². The Morgan fingerprint density at radius 3 is 2.45 bits per heavy atom. The Morgan fingerprint density at radius 1 is 1.10 bits per heavy atom. The summed E-state index contributed by atoms with van der Waals surface area (Å²) in [5, 5.41) is 2.70. The average Bonchev–Trinajstić information content (AvgIpc) is 3.41. The maximum Gasteiger partial charge on any atom is 0.354 e. The van der Waals surface area contributed by atoms with Gasteiger partial charge in [0.05, 0.1) is 11.2 Å². The van der Waals surface area contributed by atoms with E-state index in [2.05, 4.69) is 15.2 Å². The maximum absolute atomic E-state index is 12.9. The van der Waals surface area contributed by atoms with Gasteiger partial charge in [-0.05, 0) is 62.3 Å². The second-order valence-electron chi connectivity index (χ2n) is 12.0. The van der Waals surface area contributed by atoms with Crippen molar-refractivity contribution in [3.63, 3.8) is 0 Å². The van der Waals surface area contributed by atoms with Gasteiger partial charge in [-0.1, -0.05) is 6.07 Å². The first-order chi connectivity index (χ1) is 19.1. The van der Waals surface area contributed by atoms with E-state index >= 15 is 0 Å². The molecule has 0 spiro atoms. The van der Waals surface area contributed by atoms with Crippen LogP contribution in [0.3, 0.4) is 0 Å². The third-order valence-corrected chi connectivity index (χ3v) is 8.85. The summed E-state index contributed by atoms with van der Waals surface area (Å²) in [4.78, 5) is 47.9. The number of nitrogens with one attached hydrogen (secondary N) is 1. The zero-order valence-electron chi connectivity index (χ0n) is 23.1. The highest BCUT2D eigenvalue weighted by atomic mass is 16.5. The third kappa shape index (κ3) is 5.06. The minimum atomic E-state index is -0.951. The van der Waals surface area contributed by atoms with E-state index in [1.807, 2.05) is 18.2 Å². The molecule has 1 aliphatic carbocycles. The number of rotatable bonds is 5.